The van der Waals surface area contributed by atoms with E-state index in [4.69, 9.17) is 0 Å². The first-order chi connectivity index (χ1) is 7.70. The lowest BCUT2D eigenvalue weighted by Crippen LogP contribution is -2.05. The van der Waals surface area contributed by atoms with Crippen molar-refractivity contribution in [3.05, 3.63) is 40.1 Å². The van der Waals surface area contributed by atoms with Crippen molar-refractivity contribution in [3.8, 4) is 0 Å². The van der Waals surface area contributed by atoms with Gasteiger partial charge >= 0.3 is 0 Å². The standard InChI is InChI=1S/C12H16N2OS/c1-3-9-4-5-11(16-9)10(15)8-12-13-6-7-14(12)2/h4-7,10,15H,3,8H2,1-2H3. The Balaban J connectivity index is 2.08. The molecule has 0 radical (unpaired) electrons. The summed E-state index contributed by atoms with van der Waals surface area (Å²) in [5.74, 6) is 0.916. The van der Waals surface area contributed by atoms with E-state index in [-0.39, 0.29) is 0 Å². The molecule has 2 rings (SSSR count). The summed E-state index contributed by atoms with van der Waals surface area (Å²) in [5.41, 5.74) is 0. The summed E-state index contributed by atoms with van der Waals surface area (Å²) in [4.78, 5) is 6.56. The van der Waals surface area contributed by atoms with Crippen LogP contribution in [0.15, 0.2) is 24.5 Å². The van der Waals surface area contributed by atoms with E-state index in [1.807, 2.05) is 23.9 Å². The van der Waals surface area contributed by atoms with Crippen LogP contribution in [-0.4, -0.2) is 14.7 Å². The molecule has 0 aliphatic heterocycles. The van der Waals surface area contributed by atoms with Crippen molar-refractivity contribution in [1.82, 2.24) is 9.55 Å². The Kier molecular flexibility index (Phi) is 3.41. The van der Waals surface area contributed by atoms with Crippen LogP contribution in [0.5, 0.6) is 0 Å². The molecule has 0 aliphatic carbocycles. The van der Waals surface area contributed by atoms with Crippen molar-refractivity contribution in [2.45, 2.75) is 25.9 Å². The van der Waals surface area contributed by atoms with Gasteiger partial charge in [-0.1, -0.05) is 6.92 Å². The number of nitrogens with zero attached hydrogens (tertiary/aromatic N) is 2. The second kappa shape index (κ2) is 4.80. The Morgan fingerprint density at radius 2 is 2.31 bits per heavy atom. The number of aliphatic hydroxyl groups excluding tert-OH is 1. The predicted molar refractivity (Wildman–Crippen MR) is 65.6 cm³/mol. The summed E-state index contributed by atoms with van der Waals surface area (Å²) in [6, 6.07) is 4.10. The molecule has 0 aliphatic rings. The summed E-state index contributed by atoms with van der Waals surface area (Å²) in [5, 5.41) is 10.1. The van der Waals surface area contributed by atoms with E-state index in [0.29, 0.717) is 6.42 Å². The molecule has 0 saturated heterocycles. The van der Waals surface area contributed by atoms with Gasteiger partial charge in [0.15, 0.2) is 0 Å². The number of hydrogen-bond acceptors (Lipinski definition) is 3. The quantitative estimate of drug-likeness (QED) is 0.884. The third-order valence-corrected chi connectivity index (χ3v) is 3.99. The van der Waals surface area contributed by atoms with Crippen LogP contribution in [0.1, 0.15) is 28.6 Å². The number of hydrogen-bond donors (Lipinski definition) is 1. The van der Waals surface area contributed by atoms with Crippen LogP contribution in [0.3, 0.4) is 0 Å². The van der Waals surface area contributed by atoms with Gasteiger partial charge < -0.3 is 9.67 Å². The smallest absolute Gasteiger partial charge is 0.111 e. The maximum atomic E-state index is 10.1. The van der Waals surface area contributed by atoms with E-state index in [2.05, 4.69) is 18.0 Å². The molecule has 0 spiro atoms. The highest BCUT2D eigenvalue weighted by molar-refractivity contribution is 7.12. The molecule has 4 heteroatoms. The normalized spacial score (nSPS) is 12.9. The molecule has 1 unspecified atom stereocenters. The second-order valence-corrected chi connectivity index (χ2v) is 5.03. The molecule has 16 heavy (non-hydrogen) atoms. The molecule has 2 heterocycles. The highest BCUT2D eigenvalue weighted by atomic mass is 32.1. The molecule has 1 N–H and O–H groups in total. The summed E-state index contributed by atoms with van der Waals surface area (Å²) in [6.07, 6.45) is 4.82. The Hall–Kier alpha value is -1.13. The SMILES string of the molecule is CCc1ccc(C(O)Cc2nccn2C)s1. The predicted octanol–water partition coefficient (Wildman–Crippen LogP) is 2.32. The summed E-state index contributed by atoms with van der Waals surface area (Å²) >= 11 is 1.68. The number of aliphatic hydroxyl groups is 1. The molecule has 1 atom stereocenters. The van der Waals surface area contributed by atoms with Gasteiger partial charge in [0.1, 0.15) is 5.82 Å². The zero-order valence-electron chi connectivity index (χ0n) is 9.55. The second-order valence-electron chi connectivity index (χ2n) is 3.83. The van der Waals surface area contributed by atoms with Gasteiger partial charge in [0.05, 0.1) is 6.10 Å². The summed E-state index contributed by atoms with van der Waals surface area (Å²) in [7, 11) is 1.95. The first-order valence-electron chi connectivity index (χ1n) is 5.43. The molecule has 2 aromatic rings. The van der Waals surface area contributed by atoms with E-state index in [0.717, 1.165) is 17.1 Å². The van der Waals surface area contributed by atoms with Crippen LogP contribution in [0.25, 0.3) is 0 Å². The molecule has 0 bridgehead atoms. The average Bonchev–Trinajstić information content (AvgIpc) is 2.88. The van der Waals surface area contributed by atoms with Crippen LogP contribution in [0.2, 0.25) is 0 Å². The van der Waals surface area contributed by atoms with Crippen molar-refractivity contribution in [2.75, 3.05) is 0 Å². The Morgan fingerprint density at radius 1 is 1.50 bits per heavy atom. The fourth-order valence-corrected chi connectivity index (χ4v) is 2.57. The summed E-state index contributed by atoms with van der Waals surface area (Å²) < 4.78 is 1.94. The molecule has 0 saturated carbocycles. The van der Waals surface area contributed by atoms with Gasteiger partial charge in [0, 0.05) is 35.6 Å². The van der Waals surface area contributed by atoms with E-state index in [1.54, 1.807) is 17.5 Å². The van der Waals surface area contributed by atoms with E-state index in [9.17, 15) is 5.11 Å². The minimum atomic E-state index is -0.439. The Labute approximate surface area is 99.4 Å². The number of aromatic nitrogens is 2. The highest BCUT2D eigenvalue weighted by Crippen LogP contribution is 2.25. The fourth-order valence-electron chi connectivity index (χ4n) is 1.63. The van der Waals surface area contributed by atoms with E-state index < -0.39 is 6.10 Å². The molecule has 2 aromatic heterocycles. The van der Waals surface area contributed by atoms with E-state index >= 15 is 0 Å². The maximum Gasteiger partial charge on any atom is 0.111 e. The molecular weight excluding hydrogens is 220 g/mol. The maximum absolute atomic E-state index is 10.1. The topological polar surface area (TPSA) is 38.1 Å². The molecular formula is C12H16N2OS. The van der Waals surface area contributed by atoms with Gasteiger partial charge in [-0.25, -0.2) is 4.98 Å². The lowest BCUT2D eigenvalue weighted by molar-refractivity contribution is 0.178. The van der Waals surface area contributed by atoms with Crippen molar-refractivity contribution < 1.29 is 5.11 Å². The van der Waals surface area contributed by atoms with Crippen LogP contribution in [-0.2, 0) is 19.9 Å². The van der Waals surface area contributed by atoms with Crippen molar-refractivity contribution in [3.63, 3.8) is 0 Å². The number of rotatable bonds is 4. The first-order valence-corrected chi connectivity index (χ1v) is 6.25. The highest BCUT2D eigenvalue weighted by Gasteiger charge is 2.13. The Morgan fingerprint density at radius 3 is 2.88 bits per heavy atom. The number of aryl methyl sites for hydroxylation is 2. The average molecular weight is 236 g/mol. The molecule has 0 aromatic carbocycles. The molecule has 86 valence electrons. The van der Waals surface area contributed by atoms with Crippen molar-refractivity contribution in [2.24, 2.45) is 7.05 Å². The Bertz CT molecular complexity index is 461. The lowest BCUT2D eigenvalue weighted by Gasteiger charge is -2.08. The van der Waals surface area contributed by atoms with Crippen LogP contribution < -0.4 is 0 Å². The van der Waals surface area contributed by atoms with Crippen LogP contribution >= 0.6 is 11.3 Å². The third-order valence-electron chi connectivity index (χ3n) is 2.66. The van der Waals surface area contributed by atoms with Crippen molar-refractivity contribution >= 4 is 11.3 Å². The van der Waals surface area contributed by atoms with E-state index in [1.165, 1.54) is 4.88 Å². The minimum absolute atomic E-state index is 0.439. The van der Waals surface area contributed by atoms with Gasteiger partial charge in [-0.3, -0.25) is 0 Å². The first kappa shape index (κ1) is 11.4. The van der Waals surface area contributed by atoms with Crippen LogP contribution in [0, 0.1) is 0 Å². The van der Waals surface area contributed by atoms with Crippen molar-refractivity contribution in [1.29, 1.82) is 0 Å². The largest absolute Gasteiger partial charge is 0.387 e. The van der Waals surface area contributed by atoms with Gasteiger partial charge in [-0.05, 0) is 18.6 Å². The molecule has 3 nitrogen and oxygen atoms in total. The van der Waals surface area contributed by atoms with Gasteiger partial charge in [0.25, 0.3) is 0 Å². The van der Waals surface area contributed by atoms with Gasteiger partial charge in [0.2, 0.25) is 0 Å². The van der Waals surface area contributed by atoms with Gasteiger partial charge in [-0.15, -0.1) is 11.3 Å². The zero-order valence-corrected chi connectivity index (χ0v) is 10.4. The third kappa shape index (κ3) is 2.33. The number of imidazole rings is 1. The number of thiophene rings is 1. The van der Waals surface area contributed by atoms with Gasteiger partial charge in [-0.2, -0.15) is 0 Å². The fraction of sp³-hybridized carbons (Fsp3) is 0.417. The minimum Gasteiger partial charge on any atom is -0.387 e. The van der Waals surface area contributed by atoms with Crippen LogP contribution in [0.4, 0.5) is 0 Å². The molecule has 0 amide bonds. The zero-order chi connectivity index (χ0) is 11.5. The lowest BCUT2D eigenvalue weighted by atomic mass is 10.2. The summed E-state index contributed by atoms with van der Waals surface area (Å²) in [6.45, 7) is 2.13. The monoisotopic (exact) mass is 236 g/mol. The molecule has 0 fully saturated rings.